The predicted molar refractivity (Wildman–Crippen MR) is 66.8 cm³/mol. The first-order valence-corrected chi connectivity index (χ1v) is 6.19. The Hall–Kier alpha value is -1.89. The van der Waals surface area contributed by atoms with Gasteiger partial charge in [0.05, 0.1) is 12.3 Å². The molecule has 0 aliphatic carbocycles. The average Bonchev–Trinajstić information content (AvgIpc) is 2.41. The van der Waals surface area contributed by atoms with E-state index in [1.807, 2.05) is 0 Å². The van der Waals surface area contributed by atoms with E-state index in [-0.39, 0.29) is 29.9 Å². The molecule has 0 unspecified atom stereocenters. The van der Waals surface area contributed by atoms with Crippen LogP contribution < -0.4 is 10.3 Å². The van der Waals surface area contributed by atoms with Gasteiger partial charge in [-0.25, -0.2) is 4.68 Å². The molecule has 0 saturated carbocycles. The van der Waals surface area contributed by atoms with Crippen molar-refractivity contribution in [2.24, 2.45) is 7.05 Å². The van der Waals surface area contributed by atoms with Crippen molar-refractivity contribution >= 4 is 5.91 Å². The lowest BCUT2D eigenvalue weighted by molar-refractivity contribution is -0.135. The lowest BCUT2D eigenvalue weighted by Crippen LogP contribution is -2.42. The Kier molecular flexibility index (Phi) is 4.16. The summed E-state index contributed by atoms with van der Waals surface area (Å²) < 4.78 is 6.38. The van der Waals surface area contributed by atoms with Crippen LogP contribution in [0.4, 0.5) is 0 Å². The first-order valence-electron chi connectivity index (χ1n) is 6.19. The van der Waals surface area contributed by atoms with Crippen LogP contribution in [0, 0.1) is 0 Å². The molecule has 7 heteroatoms. The highest BCUT2D eigenvalue weighted by molar-refractivity contribution is 5.77. The summed E-state index contributed by atoms with van der Waals surface area (Å²) in [5.41, 5.74) is -0.371. The van der Waals surface area contributed by atoms with Crippen LogP contribution in [0.3, 0.4) is 0 Å². The summed E-state index contributed by atoms with van der Waals surface area (Å²) >= 11 is 0. The molecule has 104 valence electrons. The number of amides is 1. The number of hydrogen-bond donors (Lipinski definition) is 1. The summed E-state index contributed by atoms with van der Waals surface area (Å²) in [4.78, 5) is 25.1. The SMILES string of the molecule is Cn1nccc(OCC(=O)N2CCC(O)CC2)c1=O. The second-order valence-electron chi connectivity index (χ2n) is 4.52. The van der Waals surface area contributed by atoms with Crippen molar-refractivity contribution in [1.29, 1.82) is 0 Å². The standard InChI is InChI=1S/C12H17N3O4/c1-14-12(18)10(2-5-13-14)19-8-11(17)15-6-3-9(16)4-7-15/h2,5,9,16H,3-4,6-8H2,1H3. The molecule has 19 heavy (non-hydrogen) atoms. The molecule has 1 N–H and O–H groups in total. The Morgan fingerprint density at radius 1 is 1.53 bits per heavy atom. The summed E-state index contributed by atoms with van der Waals surface area (Å²) in [6.07, 6.45) is 2.29. The zero-order chi connectivity index (χ0) is 13.8. The Balaban J connectivity index is 1.90. The Bertz CT molecular complexity index is 506. The van der Waals surface area contributed by atoms with E-state index >= 15 is 0 Å². The van der Waals surface area contributed by atoms with Crippen LogP contribution in [-0.4, -0.2) is 51.5 Å². The van der Waals surface area contributed by atoms with Crippen LogP contribution in [0.1, 0.15) is 12.8 Å². The second kappa shape index (κ2) is 5.83. The minimum Gasteiger partial charge on any atom is -0.478 e. The largest absolute Gasteiger partial charge is 0.478 e. The molecule has 1 aliphatic heterocycles. The van der Waals surface area contributed by atoms with Gasteiger partial charge in [-0.1, -0.05) is 0 Å². The Morgan fingerprint density at radius 3 is 2.89 bits per heavy atom. The number of piperidine rings is 1. The van der Waals surface area contributed by atoms with Crippen molar-refractivity contribution in [3.8, 4) is 5.75 Å². The Labute approximate surface area is 110 Å². The zero-order valence-electron chi connectivity index (χ0n) is 10.8. The van der Waals surface area contributed by atoms with Gasteiger partial charge in [-0.05, 0) is 12.8 Å². The molecule has 0 aromatic carbocycles. The van der Waals surface area contributed by atoms with Crippen molar-refractivity contribution < 1.29 is 14.6 Å². The number of ether oxygens (including phenoxy) is 1. The highest BCUT2D eigenvalue weighted by Gasteiger charge is 2.21. The lowest BCUT2D eigenvalue weighted by atomic mass is 10.1. The maximum atomic E-state index is 11.9. The van der Waals surface area contributed by atoms with Gasteiger partial charge in [0.1, 0.15) is 0 Å². The fraction of sp³-hybridized carbons (Fsp3) is 0.583. The molecule has 2 heterocycles. The van der Waals surface area contributed by atoms with E-state index < -0.39 is 0 Å². The van der Waals surface area contributed by atoms with Crippen LogP contribution >= 0.6 is 0 Å². The summed E-state index contributed by atoms with van der Waals surface area (Å²) in [5.74, 6) is -0.0614. The summed E-state index contributed by atoms with van der Waals surface area (Å²) in [7, 11) is 1.52. The fourth-order valence-electron chi connectivity index (χ4n) is 1.94. The number of carbonyl (C=O) groups is 1. The molecule has 0 radical (unpaired) electrons. The minimum absolute atomic E-state index is 0.114. The van der Waals surface area contributed by atoms with E-state index in [0.29, 0.717) is 25.9 Å². The third-order valence-corrected chi connectivity index (χ3v) is 3.14. The molecule has 1 aromatic heterocycles. The van der Waals surface area contributed by atoms with Gasteiger partial charge in [0.2, 0.25) is 0 Å². The van der Waals surface area contributed by atoms with Crippen LogP contribution in [-0.2, 0) is 11.8 Å². The maximum absolute atomic E-state index is 11.9. The van der Waals surface area contributed by atoms with Gasteiger partial charge in [0.25, 0.3) is 5.91 Å². The first-order chi connectivity index (χ1) is 9.08. The van der Waals surface area contributed by atoms with Gasteiger partial charge in [0.15, 0.2) is 12.4 Å². The third-order valence-electron chi connectivity index (χ3n) is 3.14. The van der Waals surface area contributed by atoms with Crippen LogP contribution in [0.15, 0.2) is 17.1 Å². The first kappa shape index (κ1) is 13.5. The zero-order valence-corrected chi connectivity index (χ0v) is 10.8. The van der Waals surface area contributed by atoms with Crippen LogP contribution in [0.5, 0.6) is 5.75 Å². The molecular formula is C12H17N3O4. The predicted octanol–water partition coefficient (Wildman–Crippen LogP) is -0.858. The van der Waals surface area contributed by atoms with E-state index in [1.165, 1.54) is 19.3 Å². The number of likely N-dealkylation sites (tertiary alicyclic amines) is 1. The Morgan fingerprint density at radius 2 is 2.21 bits per heavy atom. The molecule has 1 aliphatic rings. The second-order valence-corrected chi connectivity index (χ2v) is 4.52. The molecule has 2 rings (SSSR count). The van der Waals surface area contributed by atoms with E-state index in [4.69, 9.17) is 4.74 Å². The highest BCUT2D eigenvalue weighted by Crippen LogP contribution is 2.10. The van der Waals surface area contributed by atoms with Crippen molar-refractivity contribution in [3.05, 3.63) is 22.6 Å². The molecule has 7 nitrogen and oxygen atoms in total. The van der Waals surface area contributed by atoms with Gasteiger partial charge < -0.3 is 14.7 Å². The van der Waals surface area contributed by atoms with Crippen LogP contribution in [0.2, 0.25) is 0 Å². The topological polar surface area (TPSA) is 84.7 Å². The molecular weight excluding hydrogens is 250 g/mol. The van der Waals surface area contributed by atoms with Crippen molar-refractivity contribution in [1.82, 2.24) is 14.7 Å². The number of nitrogens with zero attached hydrogens (tertiary/aromatic N) is 3. The fourth-order valence-corrected chi connectivity index (χ4v) is 1.94. The third kappa shape index (κ3) is 3.31. The monoisotopic (exact) mass is 267 g/mol. The van der Waals surface area contributed by atoms with Crippen LogP contribution in [0.25, 0.3) is 0 Å². The molecule has 1 fully saturated rings. The number of hydrogen-bond acceptors (Lipinski definition) is 5. The van der Waals surface area contributed by atoms with Gasteiger partial charge in [-0.3, -0.25) is 9.59 Å². The lowest BCUT2D eigenvalue weighted by Gasteiger charge is -2.29. The number of aromatic nitrogens is 2. The average molecular weight is 267 g/mol. The molecule has 1 amide bonds. The quantitative estimate of drug-likeness (QED) is 0.770. The van der Waals surface area contributed by atoms with Gasteiger partial charge in [0, 0.05) is 26.2 Å². The van der Waals surface area contributed by atoms with E-state index in [1.54, 1.807) is 4.90 Å². The van der Waals surface area contributed by atoms with Crippen molar-refractivity contribution in [2.45, 2.75) is 18.9 Å². The molecule has 0 spiro atoms. The van der Waals surface area contributed by atoms with Crippen molar-refractivity contribution in [2.75, 3.05) is 19.7 Å². The molecule has 0 atom stereocenters. The number of aliphatic hydroxyl groups is 1. The number of aliphatic hydroxyl groups excluding tert-OH is 1. The van der Waals surface area contributed by atoms with E-state index in [0.717, 1.165) is 4.68 Å². The van der Waals surface area contributed by atoms with Gasteiger partial charge in [-0.2, -0.15) is 5.10 Å². The number of aryl methyl sites for hydroxylation is 1. The normalized spacial score (nSPS) is 16.4. The highest BCUT2D eigenvalue weighted by atomic mass is 16.5. The van der Waals surface area contributed by atoms with Gasteiger partial charge in [-0.15, -0.1) is 0 Å². The summed E-state index contributed by atoms with van der Waals surface area (Å²) in [6.45, 7) is 0.880. The molecule has 1 saturated heterocycles. The molecule has 1 aromatic rings. The summed E-state index contributed by atoms with van der Waals surface area (Å²) in [6, 6.07) is 1.44. The summed E-state index contributed by atoms with van der Waals surface area (Å²) in [5, 5.41) is 13.1. The van der Waals surface area contributed by atoms with E-state index in [2.05, 4.69) is 5.10 Å². The number of rotatable bonds is 3. The van der Waals surface area contributed by atoms with E-state index in [9.17, 15) is 14.7 Å². The number of carbonyl (C=O) groups excluding carboxylic acids is 1. The maximum Gasteiger partial charge on any atom is 0.308 e. The molecule has 0 bridgehead atoms. The van der Waals surface area contributed by atoms with Crippen molar-refractivity contribution in [3.63, 3.8) is 0 Å². The smallest absolute Gasteiger partial charge is 0.308 e. The minimum atomic E-state index is -0.371. The van der Waals surface area contributed by atoms with Gasteiger partial charge >= 0.3 is 5.56 Å².